The number of carbonyl (C=O) groups excluding carboxylic acids is 2. The quantitative estimate of drug-likeness (QED) is 0.774. The number of nitrogens with one attached hydrogen (secondary N) is 2. The van der Waals surface area contributed by atoms with E-state index in [1.54, 1.807) is 24.3 Å². The van der Waals surface area contributed by atoms with Crippen LogP contribution in [-0.2, 0) is 17.4 Å². The van der Waals surface area contributed by atoms with Crippen LogP contribution in [-0.4, -0.2) is 30.0 Å². The molecule has 3 amide bonds. The molecule has 1 aliphatic rings. The summed E-state index contributed by atoms with van der Waals surface area (Å²) < 4.78 is 38.5. The van der Waals surface area contributed by atoms with E-state index in [2.05, 4.69) is 15.6 Å². The molecule has 0 unspecified atom stereocenters. The van der Waals surface area contributed by atoms with Gasteiger partial charge in [0.15, 0.2) is 0 Å². The maximum absolute atomic E-state index is 12.8. The Labute approximate surface area is 157 Å². The molecular weight excluding hydrogens is 385 g/mol. The molecule has 142 valence electrons. The van der Waals surface area contributed by atoms with Crippen molar-refractivity contribution in [1.82, 2.24) is 10.3 Å². The summed E-state index contributed by atoms with van der Waals surface area (Å²) in [6.45, 7) is 1.03. The molecule has 1 fully saturated rings. The lowest BCUT2D eigenvalue weighted by atomic mass is 10.1. The highest BCUT2D eigenvalue weighted by molar-refractivity contribution is 6.29. The van der Waals surface area contributed by atoms with E-state index < -0.39 is 17.6 Å². The van der Waals surface area contributed by atoms with Crippen LogP contribution in [0.3, 0.4) is 0 Å². The van der Waals surface area contributed by atoms with Crippen LogP contribution >= 0.6 is 11.6 Å². The predicted molar refractivity (Wildman–Crippen MR) is 93.8 cm³/mol. The van der Waals surface area contributed by atoms with Crippen LogP contribution in [0.25, 0.3) is 0 Å². The van der Waals surface area contributed by atoms with Gasteiger partial charge in [-0.05, 0) is 30.3 Å². The number of alkyl halides is 3. The number of amides is 3. The van der Waals surface area contributed by atoms with Gasteiger partial charge in [0.25, 0.3) is 0 Å². The highest BCUT2D eigenvalue weighted by Crippen LogP contribution is 2.31. The molecule has 0 atom stereocenters. The maximum atomic E-state index is 12.8. The minimum atomic E-state index is -4.58. The summed E-state index contributed by atoms with van der Waals surface area (Å²) in [5.74, 6) is -0.555. The zero-order chi connectivity index (χ0) is 19.6. The molecular formula is C17H14ClF3N4O2. The van der Waals surface area contributed by atoms with Crippen LogP contribution in [0.2, 0.25) is 5.15 Å². The molecule has 3 rings (SSSR count). The number of benzene rings is 1. The highest BCUT2D eigenvalue weighted by atomic mass is 35.5. The summed E-state index contributed by atoms with van der Waals surface area (Å²) >= 11 is 5.62. The van der Waals surface area contributed by atoms with Gasteiger partial charge in [-0.3, -0.25) is 9.69 Å². The van der Waals surface area contributed by atoms with Crippen LogP contribution in [0.4, 0.5) is 29.3 Å². The standard InChI is InChI=1S/C17H14ClF3N4O2/c18-14-7-10(17(19,20)21)6-12(23-14)9-15(26)24-11-2-1-3-13(8-11)25-5-4-22-16(25)27/h1-3,6-8H,4-5,9H2,(H,22,27)(H,24,26). The number of anilines is 2. The molecule has 27 heavy (non-hydrogen) atoms. The topological polar surface area (TPSA) is 74.3 Å². The molecule has 6 nitrogen and oxygen atoms in total. The van der Waals surface area contributed by atoms with E-state index in [1.165, 1.54) is 4.90 Å². The third-order valence-corrected chi connectivity index (χ3v) is 4.01. The lowest BCUT2D eigenvalue weighted by Gasteiger charge is -2.15. The molecule has 0 saturated carbocycles. The molecule has 2 aromatic rings. The maximum Gasteiger partial charge on any atom is 0.416 e. The molecule has 1 aromatic heterocycles. The van der Waals surface area contributed by atoms with Crippen molar-refractivity contribution in [2.24, 2.45) is 0 Å². The van der Waals surface area contributed by atoms with Crippen molar-refractivity contribution in [3.63, 3.8) is 0 Å². The van der Waals surface area contributed by atoms with Crippen molar-refractivity contribution in [2.75, 3.05) is 23.3 Å². The fraction of sp³-hybridized carbons (Fsp3) is 0.235. The molecule has 0 spiro atoms. The molecule has 1 aromatic carbocycles. The van der Waals surface area contributed by atoms with E-state index in [4.69, 9.17) is 11.6 Å². The largest absolute Gasteiger partial charge is 0.416 e. The van der Waals surface area contributed by atoms with Gasteiger partial charge in [-0.25, -0.2) is 9.78 Å². The zero-order valence-corrected chi connectivity index (χ0v) is 14.6. The summed E-state index contributed by atoms with van der Waals surface area (Å²) in [5.41, 5.74) is -0.0481. The number of hydrogen-bond acceptors (Lipinski definition) is 3. The number of hydrogen-bond donors (Lipinski definition) is 2. The number of pyridine rings is 1. The van der Waals surface area contributed by atoms with Gasteiger partial charge in [0.1, 0.15) is 5.15 Å². The van der Waals surface area contributed by atoms with Gasteiger partial charge in [-0.2, -0.15) is 13.2 Å². The lowest BCUT2D eigenvalue weighted by Crippen LogP contribution is -2.27. The fourth-order valence-electron chi connectivity index (χ4n) is 2.64. The summed E-state index contributed by atoms with van der Waals surface area (Å²) in [4.78, 5) is 29.2. The van der Waals surface area contributed by atoms with Crippen molar-refractivity contribution in [3.8, 4) is 0 Å². The second-order valence-corrected chi connectivity index (χ2v) is 6.21. The summed E-state index contributed by atoms with van der Waals surface area (Å²) in [6.07, 6.45) is -4.96. The van der Waals surface area contributed by atoms with Gasteiger partial charge in [0, 0.05) is 24.5 Å². The zero-order valence-electron chi connectivity index (χ0n) is 13.8. The smallest absolute Gasteiger partial charge is 0.336 e. The molecule has 2 heterocycles. The van der Waals surface area contributed by atoms with Crippen molar-refractivity contribution in [3.05, 3.63) is 52.8 Å². The Morgan fingerprint density at radius 2 is 2.07 bits per heavy atom. The average Bonchev–Trinajstić information content (AvgIpc) is 2.99. The third-order valence-electron chi connectivity index (χ3n) is 3.81. The number of urea groups is 1. The Hall–Kier alpha value is -2.81. The Morgan fingerprint density at radius 3 is 2.74 bits per heavy atom. The van der Waals surface area contributed by atoms with E-state index >= 15 is 0 Å². The molecule has 0 bridgehead atoms. The van der Waals surface area contributed by atoms with E-state index in [0.29, 0.717) is 30.5 Å². The number of nitrogens with zero attached hydrogens (tertiary/aromatic N) is 2. The highest BCUT2D eigenvalue weighted by Gasteiger charge is 2.31. The first-order chi connectivity index (χ1) is 12.7. The van der Waals surface area contributed by atoms with Gasteiger partial charge in [-0.1, -0.05) is 17.7 Å². The van der Waals surface area contributed by atoms with E-state index in [9.17, 15) is 22.8 Å². The first kappa shape index (κ1) is 19.0. The van der Waals surface area contributed by atoms with E-state index in [1.807, 2.05) is 0 Å². The first-order valence-corrected chi connectivity index (χ1v) is 8.29. The molecule has 1 saturated heterocycles. The molecule has 10 heteroatoms. The molecule has 0 aliphatic carbocycles. The molecule has 1 aliphatic heterocycles. The van der Waals surface area contributed by atoms with E-state index in [-0.39, 0.29) is 23.3 Å². The number of carbonyl (C=O) groups is 2. The number of halogens is 4. The second-order valence-electron chi connectivity index (χ2n) is 5.83. The summed E-state index contributed by atoms with van der Waals surface area (Å²) in [6, 6.07) is 7.85. The van der Waals surface area contributed by atoms with Gasteiger partial charge in [0.2, 0.25) is 5.91 Å². The van der Waals surface area contributed by atoms with Gasteiger partial charge in [0.05, 0.1) is 17.7 Å². The van der Waals surface area contributed by atoms with Crippen LogP contribution in [0.1, 0.15) is 11.3 Å². The Balaban J connectivity index is 1.71. The minimum absolute atomic E-state index is 0.0950. The van der Waals surface area contributed by atoms with E-state index in [0.717, 1.165) is 6.07 Å². The van der Waals surface area contributed by atoms with Crippen LogP contribution in [0, 0.1) is 0 Å². The Morgan fingerprint density at radius 1 is 1.30 bits per heavy atom. The summed E-state index contributed by atoms with van der Waals surface area (Å²) in [5, 5.41) is 4.92. The van der Waals surface area contributed by atoms with Crippen molar-refractivity contribution in [2.45, 2.75) is 12.6 Å². The Kier molecular flexibility index (Phi) is 5.22. The van der Waals surface area contributed by atoms with Crippen molar-refractivity contribution in [1.29, 1.82) is 0 Å². The number of aromatic nitrogens is 1. The molecule has 0 radical (unpaired) electrons. The minimum Gasteiger partial charge on any atom is -0.336 e. The summed E-state index contributed by atoms with van der Waals surface area (Å²) in [7, 11) is 0. The van der Waals surface area contributed by atoms with Gasteiger partial charge >= 0.3 is 12.2 Å². The molecule has 2 N–H and O–H groups in total. The normalized spacial score (nSPS) is 14.2. The lowest BCUT2D eigenvalue weighted by molar-refractivity contribution is -0.137. The van der Waals surface area contributed by atoms with Crippen LogP contribution in [0.15, 0.2) is 36.4 Å². The fourth-order valence-corrected chi connectivity index (χ4v) is 2.87. The van der Waals surface area contributed by atoms with Gasteiger partial charge < -0.3 is 10.6 Å². The first-order valence-electron chi connectivity index (χ1n) is 7.91. The van der Waals surface area contributed by atoms with Crippen LogP contribution < -0.4 is 15.5 Å². The average molecular weight is 399 g/mol. The number of rotatable bonds is 4. The predicted octanol–water partition coefficient (Wildman–Crippen LogP) is 3.46. The SMILES string of the molecule is O=C(Cc1cc(C(F)(F)F)cc(Cl)n1)Nc1cccc(N2CCNC2=O)c1. The second kappa shape index (κ2) is 7.43. The third kappa shape index (κ3) is 4.68. The van der Waals surface area contributed by atoms with Crippen LogP contribution in [0.5, 0.6) is 0 Å². The van der Waals surface area contributed by atoms with Gasteiger partial charge in [-0.15, -0.1) is 0 Å². The van der Waals surface area contributed by atoms with Crippen molar-refractivity contribution >= 4 is 34.9 Å². The van der Waals surface area contributed by atoms with Crippen molar-refractivity contribution < 1.29 is 22.8 Å². The monoisotopic (exact) mass is 398 g/mol. The Bertz CT molecular complexity index is 889.